The molecule has 0 unspecified atom stereocenters. The molecular formula is C25H14N2O2S. The summed E-state index contributed by atoms with van der Waals surface area (Å²) in [6.07, 6.45) is 0. The SMILES string of the molecule is O=C1c2ccccc2C(=O)c2c1ccc1[nH]c(-c3ccc(-c4cccs4)cc3)nc21. The van der Waals surface area contributed by atoms with Gasteiger partial charge in [-0.3, -0.25) is 9.59 Å². The van der Waals surface area contributed by atoms with Crippen molar-refractivity contribution in [1.29, 1.82) is 0 Å². The lowest BCUT2D eigenvalue weighted by Crippen LogP contribution is -2.21. The Morgan fingerprint density at radius 2 is 1.43 bits per heavy atom. The third-order valence-electron chi connectivity index (χ3n) is 5.51. The molecule has 0 bridgehead atoms. The Labute approximate surface area is 175 Å². The number of hydrogen-bond donors (Lipinski definition) is 1. The number of carbonyl (C=O) groups excluding carboxylic acids is 2. The average molecular weight is 406 g/mol. The van der Waals surface area contributed by atoms with E-state index in [-0.39, 0.29) is 11.6 Å². The second-order valence-electron chi connectivity index (χ2n) is 7.23. The molecule has 0 aliphatic heterocycles. The van der Waals surface area contributed by atoms with Crippen LogP contribution in [0.3, 0.4) is 0 Å². The zero-order valence-electron chi connectivity index (χ0n) is 15.7. The van der Waals surface area contributed by atoms with Gasteiger partial charge in [0.15, 0.2) is 11.6 Å². The molecule has 0 atom stereocenters. The maximum atomic E-state index is 13.2. The molecule has 0 spiro atoms. The van der Waals surface area contributed by atoms with Gasteiger partial charge in [-0.05, 0) is 29.1 Å². The van der Waals surface area contributed by atoms with Gasteiger partial charge < -0.3 is 4.98 Å². The summed E-state index contributed by atoms with van der Waals surface area (Å²) in [5.41, 5.74) is 5.05. The zero-order valence-corrected chi connectivity index (χ0v) is 16.5. The van der Waals surface area contributed by atoms with E-state index in [0.29, 0.717) is 33.6 Å². The lowest BCUT2D eigenvalue weighted by molar-refractivity contribution is 0.0980. The summed E-state index contributed by atoms with van der Waals surface area (Å²) in [4.78, 5) is 35.4. The van der Waals surface area contributed by atoms with Crippen LogP contribution in [0.25, 0.3) is 32.9 Å². The Bertz CT molecular complexity index is 1460. The van der Waals surface area contributed by atoms with E-state index >= 15 is 0 Å². The topological polar surface area (TPSA) is 62.8 Å². The first-order valence-corrected chi connectivity index (χ1v) is 10.4. The van der Waals surface area contributed by atoms with Crippen LogP contribution >= 0.6 is 11.3 Å². The highest BCUT2D eigenvalue weighted by Gasteiger charge is 2.32. The maximum absolute atomic E-state index is 13.2. The summed E-state index contributed by atoms with van der Waals surface area (Å²) in [5.74, 6) is 0.388. The molecule has 5 heteroatoms. The van der Waals surface area contributed by atoms with E-state index in [1.807, 2.05) is 24.3 Å². The Hall–Kier alpha value is -3.83. The molecule has 6 rings (SSSR count). The summed E-state index contributed by atoms with van der Waals surface area (Å²) >= 11 is 1.70. The summed E-state index contributed by atoms with van der Waals surface area (Å²) in [6, 6.07) is 22.8. The molecule has 2 aromatic heterocycles. The van der Waals surface area contributed by atoms with Crippen molar-refractivity contribution in [2.75, 3.05) is 0 Å². The van der Waals surface area contributed by atoms with Gasteiger partial charge in [0.2, 0.25) is 0 Å². The third kappa shape index (κ3) is 2.42. The van der Waals surface area contributed by atoms with Crippen LogP contribution < -0.4 is 0 Å². The summed E-state index contributed by atoms with van der Waals surface area (Å²) in [5, 5.41) is 2.06. The quantitative estimate of drug-likeness (QED) is 0.399. The molecule has 2 heterocycles. The minimum Gasteiger partial charge on any atom is -0.338 e. The van der Waals surface area contributed by atoms with Crippen LogP contribution in [0.2, 0.25) is 0 Å². The molecule has 5 aromatic rings. The average Bonchev–Trinajstić information content (AvgIpc) is 3.47. The molecule has 1 aliphatic carbocycles. The smallest absolute Gasteiger partial charge is 0.196 e. The summed E-state index contributed by atoms with van der Waals surface area (Å²) in [6.45, 7) is 0. The Morgan fingerprint density at radius 1 is 0.700 bits per heavy atom. The first-order chi connectivity index (χ1) is 14.7. The maximum Gasteiger partial charge on any atom is 0.196 e. The molecule has 3 aromatic carbocycles. The van der Waals surface area contributed by atoms with Gasteiger partial charge in [0.05, 0.1) is 11.1 Å². The van der Waals surface area contributed by atoms with Gasteiger partial charge in [0.1, 0.15) is 11.3 Å². The van der Waals surface area contributed by atoms with E-state index in [2.05, 4.69) is 28.6 Å². The number of ketones is 2. The number of benzene rings is 3. The van der Waals surface area contributed by atoms with E-state index in [0.717, 1.165) is 16.6 Å². The van der Waals surface area contributed by atoms with Gasteiger partial charge >= 0.3 is 0 Å². The van der Waals surface area contributed by atoms with Crippen LogP contribution in [-0.4, -0.2) is 21.5 Å². The molecule has 30 heavy (non-hydrogen) atoms. The van der Waals surface area contributed by atoms with Crippen LogP contribution in [0.15, 0.2) is 78.2 Å². The predicted octanol–water partition coefficient (Wildman–Crippen LogP) is 5.73. The van der Waals surface area contributed by atoms with Crippen molar-refractivity contribution in [2.24, 2.45) is 0 Å². The minimum absolute atomic E-state index is 0.132. The molecule has 0 saturated heterocycles. The van der Waals surface area contributed by atoms with Crippen molar-refractivity contribution >= 4 is 33.9 Å². The number of nitrogens with one attached hydrogen (secondary N) is 1. The van der Waals surface area contributed by atoms with Crippen LogP contribution in [-0.2, 0) is 0 Å². The van der Waals surface area contributed by atoms with Gasteiger partial charge in [-0.15, -0.1) is 11.3 Å². The first kappa shape index (κ1) is 17.1. The number of hydrogen-bond acceptors (Lipinski definition) is 4. The van der Waals surface area contributed by atoms with E-state index in [1.54, 1.807) is 41.7 Å². The first-order valence-electron chi connectivity index (χ1n) is 9.56. The number of rotatable bonds is 2. The summed E-state index contributed by atoms with van der Waals surface area (Å²) in [7, 11) is 0. The fourth-order valence-electron chi connectivity index (χ4n) is 4.03. The normalized spacial score (nSPS) is 12.8. The molecule has 142 valence electrons. The standard InChI is InChI=1S/C25H14N2O2S/c28-23-16-4-1-2-5-17(16)24(29)21-18(23)11-12-19-22(21)27-25(26-19)15-9-7-14(8-10-15)20-6-3-13-30-20/h1-13H,(H,26,27). The van der Waals surface area contributed by atoms with Crippen molar-refractivity contribution < 1.29 is 9.59 Å². The van der Waals surface area contributed by atoms with Crippen molar-refractivity contribution in [3.8, 4) is 21.8 Å². The van der Waals surface area contributed by atoms with E-state index in [4.69, 9.17) is 4.98 Å². The van der Waals surface area contributed by atoms with Gasteiger partial charge in [0, 0.05) is 27.1 Å². The number of nitrogens with zero attached hydrogens (tertiary/aromatic N) is 1. The number of imidazole rings is 1. The lowest BCUT2D eigenvalue weighted by Gasteiger charge is -2.17. The van der Waals surface area contributed by atoms with Crippen molar-refractivity contribution in [2.45, 2.75) is 0 Å². The largest absolute Gasteiger partial charge is 0.338 e. The fourth-order valence-corrected chi connectivity index (χ4v) is 4.76. The Morgan fingerprint density at radius 3 is 2.17 bits per heavy atom. The van der Waals surface area contributed by atoms with Gasteiger partial charge in [-0.1, -0.05) is 54.6 Å². The molecule has 1 N–H and O–H groups in total. The van der Waals surface area contributed by atoms with Crippen molar-refractivity contribution in [1.82, 2.24) is 9.97 Å². The number of thiophene rings is 1. The van der Waals surface area contributed by atoms with E-state index in [1.165, 1.54) is 4.88 Å². The Kier molecular flexibility index (Phi) is 3.60. The number of H-pyrrole nitrogens is 1. The van der Waals surface area contributed by atoms with Crippen LogP contribution in [0, 0.1) is 0 Å². The summed E-state index contributed by atoms with van der Waals surface area (Å²) < 4.78 is 0. The van der Waals surface area contributed by atoms with Crippen LogP contribution in [0.1, 0.15) is 31.8 Å². The Balaban J connectivity index is 1.48. The van der Waals surface area contributed by atoms with Gasteiger partial charge in [-0.2, -0.15) is 0 Å². The minimum atomic E-state index is -0.156. The number of aromatic nitrogens is 2. The van der Waals surface area contributed by atoms with E-state index in [9.17, 15) is 9.59 Å². The zero-order chi connectivity index (χ0) is 20.2. The highest BCUT2D eigenvalue weighted by atomic mass is 32.1. The molecule has 0 radical (unpaired) electrons. The fraction of sp³-hybridized carbons (Fsp3) is 0. The second kappa shape index (κ2) is 6.34. The molecule has 0 fully saturated rings. The highest BCUT2D eigenvalue weighted by molar-refractivity contribution is 7.13. The molecule has 1 aliphatic rings. The number of carbonyl (C=O) groups is 2. The second-order valence-corrected chi connectivity index (χ2v) is 8.18. The number of aromatic amines is 1. The molecular weight excluding hydrogens is 392 g/mol. The third-order valence-corrected chi connectivity index (χ3v) is 6.43. The van der Waals surface area contributed by atoms with Crippen molar-refractivity contribution in [3.05, 3.63) is 100 Å². The lowest BCUT2D eigenvalue weighted by atomic mass is 9.83. The van der Waals surface area contributed by atoms with Crippen molar-refractivity contribution in [3.63, 3.8) is 0 Å². The van der Waals surface area contributed by atoms with Gasteiger partial charge in [0.25, 0.3) is 0 Å². The monoisotopic (exact) mass is 406 g/mol. The van der Waals surface area contributed by atoms with Crippen LogP contribution in [0.4, 0.5) is 0 Å². The molecule has 0 saturated carbocycles. The van der Waals surface area contributed by atoms with Crippen LogP contribution in [0.5, 0.6) is 0 Å². The van der Waals surface area contributed by atoms with E-state index < -0.39 is 0 Å². The molecule has 4 nitrogen and oxygen atoms in total. The molecule has 0 amide bonds. The van der Waals surface area contributed by atoms with Gasteiger partial charge in [-0.25, -0.2) is 4.98 Å². The number of fused-ring (bicyclic) bond motifs is 4. The highest BCUT2D eigenvalue weighted by Crippen LogP contribution is 2.33. The predicted molar refractivity (Wildman–Crippen MR) is 118 cm³/mol.